The predicted molar refractivity (Wildman–Crippen MR) is 144 cm³/mol. The molecule has 8 nitrogen and oxygen atoms in total. The van der Waals surface area contributed by atoms with Gasteiger partial charge in [-0.15, -0.1) is 24.8 Å². The first-order valence-corrected chi connectivity index (χ1v) is 11.9. The SMILES string of the molecule is Cc1ccc2nc(C(=O)NCCc3ccsc3)nc(N[C@H]3CCCC[C@H]3NC(=N)N)c2c1.Cl.Cl. The fraction of sp³-hybridized carbons (Fsp3) is 0.391. The highest BCUT2D eigenvalue weighted by Gasteiger charge is 2.27. The van der Waals surface area contributed by atoms with Crippen LogP contribution in [-0.2, 0) is 6.42 Å². The van der Waals surface area contributed by atoms with Gasteiger partial charge in [-0.3, -0.25) is 10.2 Å². The van der Waals surface area contributed by atoms with Gasteiger partial charge in [0.15, 0.2) is 5.96 Å². The molecule has 1 aliphatic rings. The van der Waals surface area contributed by atoms with Crippen LogP contribution >= 0.6 is 36.2 Å². The average molecular weight is 525 g/mol. The number of nitrogens with one attached hydrogen (secondary N) is 4. The van der Waals surface area contributed by atoms with Crippen LogP contribution in [0.2, 0.25) is 0 Å². The molecule has 3 aromatic rings. The number of fused-ring (bicyclic) bond motifs is 1. The van der Waals surface area contributed by atoms with Gasteiger partial charge in [0.2, 0.25) is 5.82 Å². The van der Waals surface area contributed by atoms with Gasteiger partial charge in [0, 0.05) is 24.0 Å². The van der Waals surface area contributed by atoms with E-state index < -0.39 is 0 Å². The minimum absolute atomic E-state index is 0. The lowest BCUT2D eigenvalue weighted by molar-refractivity contribution is 0.0944. The number of hydrogen-bond acceptors (Lipinski definition) is 6. The highest BCUT2D eigenvalue weighted by atomic mass is 35.5. The van der Waals surface area contributed by atoms with Crippen LogP contribution < -0.4 is 21.7 Å². The average Bonchev–Trinajstić information content (AvgIpc) is 3.28. The van der Waals surface area contributed by atoms with E-state index in [1.54, 1.807) is 11.3 Å². The summed E-state index contributed by atoms with van der Waals surface area (Å²) in [5, 5.41) is 22.2. The molecule has 1 saturated carbocycles. The molecule has 0 radical (unpaired) electrons. The molecule has 0 unspecified atom stereocenters. The van der Waals surface area contributed by atoms with E-state index in [1.807, 2.05) is 30.5 Å². The van der Waals surface area contributed by atoms with Crippen LogP contribution in [0.5, 0.6) is 0 Å². The number of carbonyl (C=O) groups is 1. The van der Waals surface area contributed by atoms with Gasteiger partial charge in [-0.25, -0.2) is 9.97 Å². The quantitative estimate of drug-likeness (QED) is 0.235. The molecule has 1 aliphatic carbocycles. The molecule has 1 fully saturated rings. The lowest BCUT2D eigenvalue weighted by atomic mass is 9.90. The first kappa shape index (κ1) is 27.6. The Hall–Kier alpha value is -2.62. The van der Waals surface area contributed by atoms with Gasteiger partial charge in [0.25, 0.3) is 5.91 Å². The van der Waals surface area contributed by atoms with Crippen LogP contribution in [0.15, 0.2) is 35.0 Å². The number of aryl methyl sites for hydroxylation is 1. The van der Waals surface area contributed by atoms with Gasteiger partial charge in [-0.05, 0) is 60.7 Å². The summed E-state index contributed by atoms with van der Waals surface area (Å²) in [4.78, 5) is 22.0. The van der Waals surface area contributed by atoms with Crippen molar-refractivity contribution in [3.05, 3.63) is 52.0 Å². The number of carbonyl (C=O) groups excluding carboxylic acids is 1. The fourth-order valence-electron chi connectivity index (χ4n) is 4.14. The Morgan fingerprint density at radius 2 is 1.94 bits per heavy atom. The van der Waals surface area contributed by atoms with E-state index >= 15 is 0 Å². The summed E-state index contributed by atoms with van der Waals surface area (Å²) in [5.41, 5.74) is 8.63. The van der Waals surface area contributed by atoms with E-state index in [1.165, 1.54) is 5.56 Å². The molecule has 0 aliphatic heterocycles. The molecule has 34 heavy (non-hydrogen) atoms. The second-order valence-electron chi connectivity index (χ2n) is 8.25. The van der Waals surface area contributed by atoms with Gasteiger partial charge in [-0.1, -0.05) is 24.5 Å². The summed E-state index contributed by atoms with van der Waals surface area (Å²) in [7, 11) is 0. The van der Waals surface area contributed by atoms with E-state index in [-0.39, 0.29) is 54.6 Å². The summed E-state index contributed by atoms with van der Waals surface area (Å²) in [6.07, 6.45) is 4.81. The molecule has 4 rings (SSSR count). The van der Waals surface area contributed by atoms with Gasteiger partial charge in [0.05, 0.1) is 5.52 Å². The van der Waals surface area contributed by atoms with Crippen LogP contribution in [0.1, 0.15) is 47.4 Å². The lowest BCUT2D eigenvalue weighted by Gasteiger charge is -2.33. The number of anilines is 1. The number of halogens is 2. The lowest BCUT2D eigenvalue weighted by Crippen LogP contribution is -2.50. The molecule has 1 aromatic carbocycles. The van der Waals surface area contributed by atoms with Crippen molar-refractivity contribution in [3.63, 3.8) is 0 Å². The third-order valence-corrected chi connectivity index (χ3v) is 6.49. The molecule has 2 aromatic heterocycles. The van der Waals surface area contributed by atoms with E-state index in [9.17, 15) is 4.79 Å². The maximum absolute atomic E-state index is 12.8. The van der Waals surface area contributed by atoms with Gasteiger partial charge >= 0.3 is 0 Å². The van der Waals surface area contributed by atoms with Crippen molar-refractivity contribution in [3.8, 4) is 0 Å². The highest BCUT2D eigenvalue weighted by Crippen LogP contribution is 2.27. The Morgan fingerprint density at radius 1 is 1.18 bits per heavy atom. The van der Waals surface area contributed by atoms with Gasteiger partial charge in [0.1, 0.15) is 5.82 Å². The van der Waals surface area contributed by atoms with Crippen LogP contribution in [0.4, 0.5) is 5.82 Å². The highest BCUT2D eigenvalue weighted by molar-refractivity contribution is 7.07. The van der Waals surface area contributed by atoms with Crippen molar-refractivity contribution in [2.75, 3.05) is 11.9 Å². The monoisotopic (exact) mass is 523 g/mol. The van der Waals surface area contributed by atoms with Crippen molar-refractivity contribution < 1.29 is 4.79 Å². The molecular weight excluding hydrogens is 493 g/mol. The molecule has 2 heterocycles. The number of nitrogens with zero attached hydrogens (tertiary/aromatic N) is 2. The maximum Gasteiger partial charge on any atom is 0.289 e. The van der Waals surface area contributed by atoms with Gasteiger partial charge < -0.3 is 21.7 Å². The standard InChI is InChI=1S/C23H29N7OS.2ClH/c1-14-6-7-17-16(12-14)20(28-18-4-2-3-5-19(18)29-23(24)25)30-21(27-17)22(31)26-10-8-15-9-11-32-13-15;;/h6-7,9,11-13,18-19H,2-5,8,10H2,1H3,(H,26,31)(H4,24,25,29)(H,27,28,30);2*1H/t18-,19+;;/m0../s1. The third-order valence-electron chi connectivity index (χ3n) is 5.76. The molecule has 2 atom stereocenters. The van der Waals surface area contributed by atoms with Crippen LogP contribution in [0, 0.1) is 12.3 Å². The molecular formula is C23H31Cl2N7OS. The molecule has 11 heteroatoms. The second kappa shape index (κ2) is 12.7. The van der Waals surface area contributed by atoms with Crippen molar-refractivity contribution >= 4 is 64.7 Å². The summed E-state index contributed by atoms with van der Waals surface area (Å²) in [6, 6.07) is 8.10. The number of thiophene rings is 1. The van der Waals surface area contributed by atoms with Crippen LogP contribution in [0.25, 0.3) is 10.9 Å². The molecule has 0 spiro atoms. The Morgan fingerprint density at radius 3 is 2.65 bits per heavy atom. The number of nitrogens with two attached hydrogens (primary N) is 1. The number of hydrogen-bond donors (Lipinski definition) is 5. The zero-order valence-corrected chi connectivity index (χ0v) is 21.4. The Balaban J connectivity index is 0.00000204. The number of benzene rings is 1. The Kier molecular flexibility index (Phi) is 10.3. The first-order valence-electron chi connectivity index (χ1n) is 10.9. The first-order chi connectivity index (χ1) is 15.5. The minimum Gasteiger partial charge on any atom is -0.370 e. The van der Waals surface area contributed by atoms with E-state index in [4.69, 9.17) is 11.1 Å². The molecule has 1 amide bonds. The topological polar surface area (TPSA) is 129 Å². The Bertz CT molecular complexity index is 1110. The summed E-state index contributed by atoms with van der Waals surface area (Å²) in [5.74, 6) is 0.482. The Labute approximate surface area is 215 Å². The number of guanidine groups is 1. The number of rotatable bonds is 7. The van der Waals surface area contributed by atoms with Crippen molar-refractivity contribution in [2.45, 2.75) is 51.1 Å². The molecule has 0 bridgehead atoms. The van der Waals surface area contributed by atoms with Crippen molar-refractivity contribution in [1.82, 2.24) is 20.6 Å². The normalized spacial score (nSPS) is 17.2. The van der Waals surface area contributed by atoms with Crippen molar-refractivity contribution in [2.24, 2.45) is 5.73 Å². The van der Waals surface area contributed by atoms with Crippen LogP contribution in [0.3, 0.4) is 0 Å². The second-order valence-corrected chi connectivity index (χ2v) is 9.03. The molecule has 6 N–H and O–H groups in total. The smallest absolute Gasteiger partial charge is 0.289 e. The fourth-order valence-corrected chi connectivity index (χ4v) is 4.84. The molecule has 0 saturated heterocycles. The zero-order valence-electron chi connectivity index (χ0n) is 19.0. The number of aromatic nitrogens is 2. The summed E-state index contributed by atoms with van der Waals surface area (Å²) in [6.45, 7) is 2.55. The van der Waals surface area contributed by atoms with E-state index in [0.29, 0.717) is 12.4 Å². The minimum atomic E-state index is -0.284. The zero-order chi connectivity index (χ0) is 22.5. The summed E-state index contributed by atoms with van der Waals surface area (Å²) >= 11 is 1.65. The van der Waals surface area contributed by atoms with E-state index in [2.05, 4.69) is 37.4 Å². The van der Waals surface area contributed by atoms with Gasteiger partial charge in [-0.2, -0.15) is 11.3 Å². The predicted octanol–water partition coefficient (Wildman–Crippen LogP) is 4.02. The molecule has 184 valence electrons. The largest absolute Gasteiger partial charge is 0.370 e. The number of amides is 1. The summed E-state index contributed by atoms with van der Waals surface area (Å²) < 4.78 is 0. The maximum atomic E-state index is 12.8. The van der Waals surface area contributed by atoms with E-state index in [0.717, 1.165) is 48.6 Å². The van der Waals surface area contributed by atoms with Crippen LogP contribution in [-0.4, -0.2) is 40.5 Å². The third kappa shape index (κ3) is 6.94. The van der Waals surface area contributed by atoms with Crippen molar-refractivity contribution in [1.29, 1.82) is 5.41 Å².